The van der Waals surface area contributed by atoms with E-state index >= 15 is 0 Å². The zero-order chi connectivity index (χ0) is 25.5. The summed E-state index contributed by atoms with van der Waals surface area (Å²) in [5.41, 5.74) is 4.09. The number of phenolic OH excluding ortho intramolecular Hbond substituents is 1. The average molecular weight is 507 g/mol. The highest BCUT2D eigenvalue weighted by Crippen LogP contribution is 2.65. The first-order chi connectivity index (χ1) is 18.6. The van der Waals surface area contributed by atoms with E-state index in [1.807, 2.05) is 12.1 Å². The second kappa shape index (κ2) is 8.17. The van der Waals surface area contributed by atoms with Gasteiger partial charge in [-0.25, -0.2) is 0 Å². The van der Waals surface area contributed by atoms with Crippen LogP contribution in [0.5, 0.6) is 11.5 Å². The second-order valence-corrected chi connectivity index (χ2v) is 12.1. The molecule has 0 radical (unpaired) electrons. The molecule has 0 unspecified atom stereocenters. The van der Waals surface area contributed by atoms with E-state index in [1.54, 1.807) is 6.07 Å². The average Bonchev–Trinajstić information content (AvgIpc) is 3.69. The van der Waals surface area contributed by atoms with Gasteiger partial charge in [0.15, 0.2) is 11.5 Å². The summed E-state index contributed by atoms with van der Waals surface area (Å²) in [5, 5.41) is 23.7. The van der Waals surface area contributed by atoms with Crippen LogP contribution in [0.1, 0.15) is 60.4 Å². The molecule has 2 aliphatic heterocycles. The fraction of sp³-hybridized carbons (Fsp3) is 0.424. The van der Waals surface area contributed by atoms with Crippen LogP contribution in [0.2, 0.25) is 0 Å². The highest BCUT2D eigenvalue weighted by atomic mass is 16.5. The third-order valence-electron chi connectivity index (χ3n) is 10.1. The van der Waals surface area contributed by atoms with Gasteiger partial charge in [0.05, 0.1) is 16.7 Å². The lowest BCUT2D eigenvalue weighted by Crippen LogP contribution is -2.76. The minimum Gasteiger partial charge on any atom is -0.504 e. The molecule has 5 heteroatoms. The third-order valence-corrected chi connectivity index (χ3v) is 10.1. The maximum Gasteiger partial charge on any atom is 0.166 e. The van der Waals surface area contributed by atoms with Gasteiger partial charge >= 0.3 is 0 Å². The topological polar surface area (TPSA) is 65.3 Å². The molecule has 3 fully saturated rings. The zero-order valence-electron chi connectivity index (χ0n) is 21.6. The number of hydrogen-bond donors (Lipinski definition) is 2. The van der Waals surface area contributed by atoms with Gasteiger partial charge in [-0.3, -0.25) is 9.89 Å². The molecule has 1 saturated heterocycles. The first-order valence-corrected chi connectivity index (χ1v) is 14.2. The van der Waals surface area contributed by atoms with Crippen molar-refractivity contribution in [2.75, 3.05) is 13.1 Å². The minimum absolute atomic E-state index is 0.0755. The van der Waals surface area contributed by atoms with E-state index in [4.69, 9.17) is 9.73 Å². The number of phenols is 1. The number of ether oxygens (including phenoxy) is 1. The quantitative estimate of drug-likeness (QED) is 0.500. The van der Waals surface area contributed by atoms with Gasteiger partial charge < -0.3 is 14.9 Å². The molecule has 4 atom stereocenters. The number of benzene rings is 3. The highest BCUT2D eigenvalue weighted by Gasteiger charge is 2.72. The molecular weight excluding hydrogens is 472 g/mol. The molecule has 2 N–H and O–H groups in total. The van der Waals surface area contributed by atoms with E-state index in [0.717, 1.165) is 54.3 Å². The van der Waals surface area contributed by atoms with Crippen molar-refractivity contribution in [1.82, 2.24) is 4.90 Å². The molecule has 1 spiro atoms. The lowest BCUT2D eigenvalue weighted by atomic mass is 9.49. The molecule has 8 rings (SSSR count). The lowest BCUT2D eigenvalue weighted by molar-refractivity contribution is -0.166. The van der Waals surface area contributed by atoms with E-state index in [-0.39, 0.29) is 23.9 Å². The van der Waals surface area contributed by atoms with Crippen molar-refractivity contribution in [2.45, 2.75) is 67.7 Å². The fourth-order valence-corrected chi connectivity index (χ4v) is 8.19. The Hall–Kier alpha value is -3.15. The second-order valence-electron chi connectivity index (χ2n) is 12.1. The molecule has 5 aliphatic rings. The van der Waals surface area contributed by atoms with Crippen molar-refractivity contribution in [1.29, 1.82) is 0 Å². The molecule has 5 nitrogen and oxygen atoms in total. The SMILES string of the molecule is Oc1ccc2c3c1O[C@H]1C(=NC(c4ccccc4)c4ccccc4)CC[C@@]4(O)[C@@H](C2)N(CC2CC2)CC[C@]314. The monoisotopic (exact) mass is 506 g/mol. The molecule has 2 heterocycles. The summed E-state index contributed by atoms with van der Waals surface area (Å²) in [6.07, 6.45) is 5.24. The summed E-state index contributed by atoms with van der Waals surface area (Å²) >= 11 is 0. The van der Waals surface area contributed by atoms with Gasteiger partial charge in [0.25, 0.3) is 0 Å². The Bertz CT molecular complexity index is 1380. The van der Waals surface area contributed by atoms with Gasteiger partial charge in [-0.2, -0.15) is 0 Å². The van der Waals surface area contributed by atoms with Crippen molar-refractivity contribution < 1.29 is 14.9 Å². The number of aliphatic hydroxyl groups is 1. The number of aliphatic imine (C=N–C) groups is 1. The Kier molecular flexibility index (Phi) is 4.90. The van der Waals surface area contributed by atoms with Crippen molar-refractivity contribution >= 4 is 5.71 Å². The van der Waals surface area contributed by atoms with Crippen molar-refractivity contribution in [3.8, 4) is 11.5 Å². The van der Waals surface area contributed by atoms with E-state index in [9.17, 15) is 10.2 Å². The maximum absolute atomic E-state index is 12.7. The van der Waals surface area contributed by atoms with Gasteiger partial charge in [-0.15, -0.1) is 0 Å². The van der Waals surface area contributed by atoms with Crippen LogP contribution < -0.4 is 4.74 Å². The van der Waals surface area contributed by atoms with E-state index < -0.39 is 11.0 Å². The van der Waals surface area contributed by atoms with Crippen LogP contribution in [-0.2, 0) is 11.8 Å². The lowest BCUT2D eigenvalue weighted by Gasteiger charge is -2.63. The largest absolute Gasteiger partial charge is 0.504 e. The van der Waals surface area contributed by atoms with Crippen LogP contribution in [0.3, 0.4) is 0 Å². The summed E-state index contributed by atoms with van der Waals surface area (Å²) in [7, 11) is 0. The van der Waals surface area contributed by atoms with Crippen LogP contribution in [0.4, 0.5) is 0 Å². The normalized spacial score (nSPS) is 32.3. The molecule has 2 saturated carbocycles. The molecular formula is C33H34N2O3. The molecule has 3 aliphatic carbocycles. The Labute approximate surface area is 223 Å². The van der Waals surface area contributed by atoms with Crippen molar-refractivity contribution in [3.05, 3.63) is 95.1 Å². The third kappa shape index (κ3) is 3.09. The summed E-state index contributed by atoms with van der Waals surface area (Å²) in [5.74, 6) is 1.53. The summed E-state index contributed by atoms with van der Waals surface area (Å²) < 4.78 is 6.73. The summed E-state index contributed by atoms with van der Waals surface area (Å²) in [6.45, 7) is 2.03. The smallest absolute Gasteiger partial charge is 0.166 e. The molecule has 2 bridgehead atoms. The van der Waals surface area contributed by atoms with Gasteiger partial charge in [0, 0.05) is 18.2 Å². The first kappa shape index (κ1) is 22.8. The number of likely N-dealkylation sites (tertiary alicyclic amines) is 1. The number of nitrogens with zero attached hydrogens (tertiary/aromatic N) is 2. The van der Waals surface area contributed by atoms with Crippen LogP contribution in [0, 0.1) is 5.92 Å². The van der Waals surface area contributed by atoms with Gasteiger partial charge in [0.2, 0.25) is 0 Å². The van der Waals surface area contributed by atoms with Crippen LogP contribution in [0.25, 0.3) is 0 Å². The minimum atomic E-state index is -0.898. The van der Waals surface area contributed by atoms with Crippen LogP contribution >= 0.6 is 0 Å². The molecule has 3 aromatic rings. The summed E-state index contributed by atoms with van der Waals surface area (Å²) in [4.78, 5) is 8.03. The number of rotatable bonds is 5. The predicted molar refractivity (Wildman–Crippen MR) is 147 cm³/mol. The van der Waals surface area contributed by atoms with Gasteiger partial charge in [-0.05, 0) is 73.7 Å². The van der Waals surface area contributed by atoms with Crippen LogP contribution in [-0.4, -0.2) is 51.7 Å². The maximum atomic E-state index is 12.7. The van der Waals surface area contributed by atoms with E-state index in [1.165, 1.54) is 18.4 Å². The number of piperidine rings is 1. The van der Waals surface area contributed by atoms with Crippen LogP contribution in [0.15, 0.2) is 77.8 Å². The van der Waals surface area contributed by atoms with E-state index in [2.05, 4.69) is 59.5 Å². The van der Waals surface area contributed by atoms with Crippen molar-refractivity contribution in [3.63, 3.8) is 0 Å². The number of aromatic hydroxyl groups is 1. The fourth-order valence-electron chi connectivity index (χ4n) is 8.19. The number of hydrogen-bond acceptors (Lipinski definition) is 5. The first-order valence-electron chi connectivity index (χ1n) is 14.2. The standard InChI is InChI=1S/C33H34N2O3/c36-26-14-13-24-19-27-33(37)16-15-25(34-29(22-7-3-1-4-8-22)23-9-5-2-6-10-23)31-32(33,28(24)30(26)38-31)17-18-35(27)20-21-11-12-21/h1-10,13-14,21,27,29,31,36-37H,11-12,15-20H2/t27-,31+,32+,33-/m1/s1. The van der Waals surface area contributed by atoms with E-state index in [0.29, 0.717) is 18.6 Å². The Morgan fingerprint density at radius 3 is 2.34 bits per heavy atom. The van der Waals surface area contributed by atoms with Gasteiger partial charge in [-0.1, -0.05) is 66.7 Å². The highest BCUT2D eigenvalue weighted by molar-refractivity contribution is 5.95. The Morgan fingerprint density at radius 2 is 1.66 bits per heavy atom. The Balaban J connectivity index is 1.28. The van der Waals surface area contributed by atoms with Crippen molar-refractivity contribution in [2.24, 2.45) is 10.9 Å². The van der Waals surface area contributed by atoms with Gasteiger partial charge in [0.1, 0.15) is 12.1 Å². The Morgan fingerprint density at radius 1 is 0.947 bits per heavy atom. The molecule has 0 aromatic heterocycles. The molecule has 0 amide bonds. The molecule has 38 heavy (non-hydrogen) atoms. The molecule has 194 valence electrons. The zero-order valence-corrected chi connectivity index (χ0v) is 21.6. The molecule has 3 aromatic carbocycles. The summed E-state index contributed by atoms with van der Waals surface area (Å²) in [6, 6.07) is 24.7. The predicted octanol–water partition coefficient (Wildman–Crippen LogP) is 5.19.